The Morgan fingerprint density at radius 2 is 1.63 bits per heavy atom. The first-order chi connectivity index (χ1) is 28.4. The lowest BCUT2D eigenvalue weighted by Crippen LogP contribution is -2.57. The minimum Gasteiger partial charge on any atom is -0.463 e. The van der Waals surface area contributed by atoms with Crippen LogP contribution in [0.2, 0.25) is 16.6 Å². The van der Waals surface area contributed by atoms with Crippen molar-refractivity contribution in [3.63, 3.8) is 0 Å². The summed E-state index contributed by atoms with van der Waals surface area (Å²) in [4.78, 5) is 29.5. The number of halogens is 2. The summed E-state index contributed by atoms with van der Waals surface area (Å²) in [7, 11) is -2.12. The monoisotopic (exact) mass is 835 g/mol. The molecule has 4 fully saturated rings. The zero-order chi connectivity index (χ0) is 42.9. The maximum Gasteiger partial charge on any atom is 0.410 e. The summed E-state index contributed by atoms with van der Waals surface area (Å²) in [6.45, 7) is 25.8. The second-order valence-electron chi connectivity index (χ2n) is 20.2. The number of likely N-dealkylation sites (tertiary alicyclic amines) is 1. The van der Waals surface area contributed by atoms with Crippen molar-refractivity contribution in [1.82, 2.24) is 19.8 Å². The molecule has 4 aliphatic rings. The van der Waals surface area contributed by atoms with Gasteiger partial charge in [0.25, 0.3) is 0 Å². The summed E-state index contributed by atoms with van der Waals surface area (Å²) < 4.78 is 47.1. The number of hydrogen-bond acceptors (Lipinski definition) is 7. The van der Waals surface area contributed by atoms with Gasteiger partial charge in [0.05, 0.1) is 24.3 Å². The average Bonchev–Trinajstić information content (AvgIpc) is 3.87. The van der Waals surface area contributed by atoms with Crippen molar-refractivity contribution in [1.29, 1.82) is 0 Å². The second-order valence-corrected chi connectivity index (χ2v) is 25.8. The molecule has 60 heavy (non-hydrogen) atoms. The first kappa shape index (κ1) is 42.4. The van der Waals surface area contributed by atoms with Crippen LogP contribution in [0.1, 0.15) is 106 Å². The second kappa shape index (κ2) is 15.9. The molecule has 2 unspecified atom stereocenters. The van der Waals surface area contributed by atoms with Crippen molar-refractivity contribution in [2.24, 2.45) is 5.41 Å². The number of amides is 1. The lowest BCUT2D eigenvalue weighted by molar-refractivity contribution is 0.0122. The van der Waals surface area contributed by atoms with Gasteiger partial charge < -0.3 is 19.3 Å². The quantitative estimate of drug-likeness (QED) is 0.116. The number of benzene rings is 3. The van der Waals surface area contributed by atoms with Gasteiger partial charge in [-0.15, -0.1) is 5.54 Å². The topological polar surface area (TPSA) is 71.0 Å². The Morgan fingerprint density at radius 1 is 0.967 bits per heavy atom. The molecule has 2 bridgehead atoms. The van der Waals surface area contributed by atoms with E-state index in [1.54, 1.807) is 0 Å². The van der Waals surface area contributed by atoms with E-state index in [2.05, 4.69) is 68.9 Å². The predicted molar refractivity (Wildman–Crippen MR) is 240 cm³/mol. The number of rotatable bonds is 10. The number of anilines is 1. The van der Waals surface area contributed by atoms with Crippen LogP contribution in [-0.4, -0.2) is 91.0 Å². The van der Waals surface area contributed by atoms with Gasteiger partial charge in [-0.3, -0.25) is 4.90 Å². The number of carbonyl (C=O) groups excluding carboxylic acids is 1. The number of fused-ring (bicyclic) bond motifs is 4. The third-order valence-corrected chi connectivity index (χ3v) is 20.2. The lowest BCUT2D eigenvalue weighted by Gasteiger charge is -2.42. The number of nitrogens with zero attached hydrogens (tertiary/aromatic N) is 5. The van der Waals surface area contributed by atoms with Gasteiger partial charge in [-0.05, 0) is 118 Å². The van der Waals surface area contributed by atoms with Crippen LogP contribution in [0.5, 0.6) is 6.01 Å². The Balaban J connectivity index is 1.25. The standard InChI is InChI=1S/C49H63F2N5O3Si/c1-30(2)60(31(3)4,32(5)6)22-17-34-13-11-14-35-23-33(7)24-38(41(34)35)42-40(50)25-39-44(43(42)51)52-46(58-29-49(18-19-49)28-54-20-12-21-54)53-45(39)55-26-36-15-16-37(27-55)56(36)47(57)59-48(8,9)10/h11,13-14,23-25,30-32,36-37H,12,15-16,18-21,26-29H2,1-10H3. The molecular formula is C49H63F2N5O3Si. The van der Waals surface area contributed by atoms with Crippen molar-refractivity contribution >= 4 is 41.7 Å². The van der Waals surface area contributed by atoms with Crippen LogP contribution in [-0.2, 0) is 4.74 Å². The van der Waals surface area contributed by atoms with Gasteiger partial charge in [0.15, 0.2) is 5.82 Å². The van der Waals surface area contributed by atoms with Crippen LogP contribution in [0.25, 0.3) is 32.8 Å². The van der Waals surface area contributed by atoms with E-state index in [4.69, 9.17) is 19.4 Å². The third-order valence-electron chi connectivity index (χ3n) is 13.9. The van der Waals surface area contributed by atoms with Gasteiger partial charge in [-0.1, -0.05) is 71.7 Å². The molecule has 320 valence electrons. The van der Waals surface area contributed by atoms with Crippen LogP contribution in [0.3, 0.4) is 0 Å². The number of aromatic nitrogens is 2. The summed E-state index contributed by atoms with van der Waals surface area (Å²) in [5.74, 6) is 2.59. The van der Waals surface area contributed by atoms with Crippen LogP contribution in [0.15, 0.2) is 36.4 Å². The fourth-order valence-electron chi connectivity index (χ4n) is 10.6. The van der Waals surface area contributed by atoms with Gasteiger partial charge >= 0.3 is 12.1 Å². The Bertz CT molecular complexity index is 2340. The highest BCUT2D eigenvalue weighted by Crippen LogP contribution is 2.48. The van der Waals surface area contributed by atoms with Crippen molar-refractivity contribution in [2.45, 2.75) is 136 Å². The van der Waals surface area contributed by atoms with Crippen molar-refractivity contribution < 1.29 is 23.0 Å². The van der Waals surface area contributed by atoms with Gasteiger partial charge in [0.1, 0.15) is 30.8 Å². The highest BCUT2D eigenvalue weighted by Gasteiger charge is 2.47. The van der Waals surface area contributed by atoms with Gasteiger partial charge in [-0.2, -0.15) is 9.97 Å². The van der Waals surface area contributed by atoms with Gasteiger partial charge in [0.2, 0.25) is 0 Å². The van der Waals surface area contributed by atoms with E-state index < -0.39 is 25.3 Å². The molecular weight excluding hydrogens is 773 g/mol. The first-order valence-corrected chi connectivity index (χ1v) is 24.5. The Kier molecular flexibility index (Phi) is 11.2. The van der Waals surface area contributed by atoms with Crippen molar-refractivity contribution in [2.75, 3.05) is 44.2 Å². The summed E-state index contributed by atoms with van der Waals surface area (Å²) in [5, 5.41) is 1.89. The molecule has 1 aliphatic carbocycles. The van der Waals surface area contributed by atoms with Crippen molar-refractivity contribution in [3.05, 3.63) is 59.2 Å². The molecule has 11 heteroatoms. The van der Waals surface area contributed by atoms with Gasteiger partial charge in [-0.25, -0.2) is 13.6 Å². The normalized spacial score (nSPS) is 20.2. The molecule has 4 heterocycles. The summed E-state index contributed by atoms with van der Waals surface area (Å²) in [6.07, 6.45) is 4.62. The average molecular weight is 836 g/mol. The zero-order valence-corrected chi connectivity index (χ0v) is 38.3. The van der Waals surface area contributed by atoms with Gasteiger partial charge in [0, 0.05) is 41.4 Å². The van der Waals surface area contributed by atoms with Crippen LogP contribution in [0.4, 0.5) is 19.4 Å². The molecule has 3 saturated heterocycles. The minimum atomic E-state index is -2.12. The largest absolute Gasteiger partial charge is 0.463 e. The van der Waals surface area contributed by atoms with E-state index >= 15 is 8.78 Å². The molecule has 4 aromatic rings. The van der Waals surface area contributed by atoms with Crippen LogP contribution in [0, 0.1) is 35.4 Å². The van der Waals surface area contributed by atoms with E-state index in [1.165, 1.54) is 12.5 Å². The Morgan fingerprint density at radius 3 is 2.22 bits per heavy atom. The van der Waals surface area contributed by atoms with Crippen LogP contribution >= 0.6 is 0 Å². The number of carbonyl (C=O) groups is 1. The molecule has 8 rings (SSSR count). The molecule has 0 spiro atoms. The fourth-order valence-corrected chi connectivity index (χ4v) is 15.9. The molecule has 1 aromatic heterocycles. The third kappa shape index (κ3) is 7.87. The highest BCUT2D eigenvalue weighted by molar-refractivity contribution is 6.90. The molecule has 1 amide bonds. The predicted octanol–water partition coefficient (Wildman–Crippen LogP) is 11.1. The van der Waals surface area contributed by atoms with Crippen LogP contribution < -0.4 is 9.64 Å². The first-order valence-electron chi connectivity index (χ1n) is 22.3. The Labute approximate surface area is 356 Å². The number of piperazine rings is 1. The van der Waals surface area contributed by atoms with E-state index in [-0.39, 0.29) is 46.1 Å². The SMILES string of the molecule is Cc1cc(-c2c(F)cc3c(N4CC5CCC(C4)N5C(=O)OC(C)(C)C)nc(OCC4(CN5CCC5)CC4)nc3c2F)c2c(C#C[Si](C(C)C)(C(C)C)C(C)C)cccc2c1. The van der Waals surface area contributed by atoms with Crippen molar-refractivity contribution in [3.8, 4) is 28.6 Å². The fraction of sp³-hybridized carbons (Fsp3) is 0.571. The number of aryl methyl sites for hydroxylation is 1. The lowest BCUT2D eigenvalue weighted by atomic mass is 9.91. The summed E-state index contributed by atoms with van der Waals surface area (Å²) in [5.41, 5.74) is 6.56. The molecule has 3 aromatic carbocycles. The number of ether oxygens (including phenoxy) is 2. The maximum absolute atomic E-state index is 17.7. The van der Waals surface area contributed by atoms with E-state index in [0.29, 0.717) is 47.7 Å². The zero-order valence-electron chi connectivity index (χ0n) is 37.3. The summed E-state index contributed by atoms with van der Waals surface area (Å²) >= 11 is 0. The maximum atomic E-state index is 17.7. The summed E-state index contributed by atoms with van der Waals surface area (Å²) in [6, 6.07) is 11.1. The molecule has 2 atom stereocenters. The number of hydrogen-bond donors (Lipinski definition) is 0. The van der Waals surface area contributed by atoms with E-state index in [0.717, 1.165) is 67.2 Å². The molecule has 8 nitrogen and oxygen atoms in total. The van der Waals surface area contributed by atoms with E-state index in [9.17, 15) is 4.79 Å². The van der Waals surface area contributed by atoms with E-state index in [1.807, 2.05) is 56.9 Å². The smallest absolute Gasteiger partial charge is 0.410 e. The Hall–Kier alpha value is -4.27. The molecule has 3 aliphatic heterocycles. The molecule has 0 N–H and O–H groups in total. The molecule has 0 radical (unpaired) electrons. The minimum absolute atomic E-state index is 0.0185. The highest BCUT2D eigenvalue weighted by atomic mass is 28.3. The molecule has 1 saturated carbocycles.